The lowest BCUT2D eigenvalue weighted by Crippen LogP contribution is -2.49. The SMILES string of the molecule is COc1cc(C(=O)N2CCN(CCc3ccncc3)CC2)ccc1C. The molecule has 5 heteroatoms. The first-order chi connectivity index (χ1) is 12.2. The van der Waals surface area contributed by atoms with Crippen molar-refractivity contribution in [2.24, 2.45) is 0 Å². The average Bonchev–Trinajstić information content (AvgIpc) is 2.67. The lowest BCUT2D eigenvalue weighted by atomic mass is 10.1. The van der Waals surface area contributed by atoms with E-state index in [1.54, 1.807) is 7.11 Å². The summed E-state index contributed by atoms with van der Waals surface area (Å²) in [4.78, 5) is 21.1. The summed E-state index contributed by atoms with van der Waals surface area (Å²) in [6.45, 7) is 6.37. The van der Waals surface area contributed by atoms with E-state index in [-0.39, 0.29) is 5.91 Å². The molecule has 0 saturated carbocycles. The normalized spacial score (nSPS) is 15.2. The summed E-state index contributed by atoms with van der Waals surface area (Å²) in [7, 11) is 1.64. The number of aryl methyl sites for hydroxylation is 1. The lowest BCUT2D eigenvalue weighted by molar-refractivity contribution is 0.0638. The van der Waals surface area contributed by atoms with E-state index in [2.05, 4.69) is 22.0 Å². The van der Waals surface area contributed by atoms with Crippen molar-refractivity contribution in [2.45, 2.75) is 13.3 Å². The van der Waals surface area contributed by atoms with Crippen LogP contribution in [0.25, 0.3) is 0 Å². The summed E-state index contributed by atoms with van der Waals surface area (Å²) < 4.78 is 5.33. The van der Waals surface area contributed by atoms with E-state index in [9.17, 15) is 4.79 Å². The molecule has 0 radical (unpaired) electrons. The van der Waals surface area contributed by atoms with Crippen LogP contribution in [-0.2, 0) is 6.42 Å². The number of ether oxygens (including phenoxy) is 1. The highest BCUT2D eigenvalue weighted by Crippen LogP contribution is 2.20. The van der Waals surface area contributed by atoms with Crippen LogP contribution < -0.4 is 4.74 Å². The molecule has 0 bridgehead atoms. The van der Waals surface area contributed by atoms with Crippen molar-refractivity contribution >= 4 is 5.91 Å². The van der Waals surface area contributed by atoms with Gasteiger partial charge in [0.05, 0.1) is 7.11 Å². The molecule has 2 heterocycles. The Morgan fingerprint density at radius 1 is 1.12 bits per heavy atom. The van der Waals surface area contributed by atoms with E-state index in [0.29, 0.717) is 5.56 Å². The Hall–Kier alpha value is -2.40. The molecule has 1 saturated heterocycles. The fourth-order valence-corrected chi connectivity index (χ4v) is 3.15. The smallest absolute Gasteiger partial charge is 0.254 e. The number of carbonyl (C=O) groups excluding carboxylic acids is 1. The van der Waals surface area contributed by atoms with Crippen LogP contribution in [0, 0.1) is 6.92 Å². The van der Waals surface area contributed by atoms with Crippen molar-refractivity contribution in [3.05, 3.63) is 59.4 Å². The summed E-state index contributed by atoms with van der Waals surface area (Å²) in [5.41, 5.74) is 3.05. The maximum atomic E-state index is 12.7. The van der Waals surface area contributed by atoms with Crippen molar-refractivity contribution < 1.29 is 9.53 Å². The van der Waals surface area contributed by atoms with Gasteiger partial charge in [0.2, 0.25) is 0 Å². The number of hydrogen-bond acceptors (Lipinski definition) is 4. The minimum absolute atomic E-state index is 0.0899. The minimum atomic E-state index is 0.0899. The highest BCUT2D eigenvalue weighted by atomic mass is 16.5. The first-order valence-electron chi connectivity index (χ1n) is 8.72. The Labute approximate surface area is 149 Å². The third-order valence-electron chi connectivity index (χ3n) is 4.78. The zero-order chi connectivity index (χ0) is 17.6. The van der Waals surface area contributed by atoms with E-state index in [1.807, 2.05) is 42.4 Å². The number of pyridine rings is 1. The monoisotopic (exact) mass is 339 g/mol. The maximum Gasteiger partial charge on any atom is 0.254 e. The van der Waals surface area contributed by atoms with E-state index in [0.717, 1.165) is 50.5 Å². The second-order valence-corrected chi connectivity index (χ2v) is 6.42. The lowest BCUT2D eigenvalue weighted by Gasteiger charge is -2.34. The third-order valence-corrected chi connectivity index (χ3v) is 4.78. The van der Waals surface area contributed by atoms with Gasteiger partial charge < -0.3 is 9.64 Å². The van der Waals surface area contributed by atoms with Gasteiger partial charge in [-0.3, -0.25) is 14.7 Å². The number of nitrogens with zero attached hydrogens (tertiary/aromatic N) is 3. The molecule has 2 aromatic rings. The maximum absolute atomic E-state index is 12.7. The van der Waals surface area contributed by atoms with E-state index in [1.165, 1.54) is 5.56 Å². The van der Waals surface area contributed by atoms with Crippen LogP contribution >= 0.6 is 0 Å². The Morgan fingerprint density at radius 3 is 2.52 bits per heavy atom. The Bertz CT molecular complexity index is 710. The second-order valence-electron chi connectivity index (χ2n) is 6.42. The molecule has 1 aliphatic heterocycles. The van der Waals surface area contributed by atoms with Crippen molar-refractivity contribution in [3.63, 3.8) is 0 Å². The van der Waals surface area contributed by atoms with Gasteiger partial charge in [-0.1, -0.05) is 6.07 Å². The van der Waals surface area contributed by atoms with E-state index < -0.39 is 0 Å². The summed E-state index contributed by atoms with van der Waals surface area (Å²) in [5, 5.41) is 0. The summed E-state index contributed by atoms with van der Waals surface area (Å²) in [5.74, 6) is 0.855. The Morgan fingerprint density at radius 2 is 1.84 bits per heavy atom. The molecule has 0 aliphatic carbocycles. The number of methoxy groups -OCH3 is 1. The van der Waals surface area contributed by atoms with Crippen molar-refractivity contribution in [2.75, 3.05) is 39.8 Å². The predicted octanol–water partition coefficient (Wildman–Crippen LogP) is 2.40. The van der Waals surface area contributed by atoms with Gasteiger partial charge >= 0.3 is 0 Å². The van der Waals surface area contributed by atoms with Crippen LogP contribution in [0.15, 0.2) is 42.7 Å². The molecule has 0 N–H and O–H groups in total. The first kappa shape index (κ1) is 17.4. The number of benzene rings is 1. The molecule has 1 aromatic carbocycles. The summed E-state index contributed by atoms with van der Waals surface area (Å²) >= 11 is 0. The molecule has 1 aromatic heterocycles. The minimum Gasteiger partial charge on any atom is -0.496 e. The van der Waals surface area contributed by atoms with Crippen LogP contribution in [0.2, 0.25) is 0 Å². The van der Waals surface area contributed by atoms with Gasteiger partial charge in [0.25, 0.3) is 5.91 Å². The Balaban J connectivity index is 1.52. The van der Waals surface area contributed by atoms with Gasteiger partial charge in [-0.15, -0.1) is 0 Å². The highest BCUT2D eigenvalue weighted by molar-refractivity contribution is 5.94. The van der Waals surface area contributed by atoms with Crippen molar-refractivity contribution in [1.29, 1.82) is 0 Å². The van der Waals surface area contributed by atoms with Crippen LogP contribution in [-0.4, -0.2) is 60.5 Å². The van der Waals surface area contributed by atoms with Crippen molar-refractivity contribution in [3.8, 4) is 5.75 Å². The molecule has 1 amide bonds. The highest BCUT2D eigenvalue weighted by Gasteiger charge is 2.22. The zero-order valence-corrected chi connectivity index (χ0v) is 14.9. The molecule has 0 spiro atoms. The number of piperazine rings is 1. The van der Waals surface area contributed by atoms with Gasteiger partial charge in [-0.05, 0) is 48.7 Å². The van der Waals surface area contributed by atoms with Crippen LogP contribution in [0.3, 0.4) is 0 Å². The molecule has 0 unspecified atom stereocenters. The largest absolute Gasteiger partial charge is 0.496 e. The number of aromatic nitrogens is 1. The van der Waals surface area contributed by atoms with E-state index in [4.69, 9.17) is 4.74 Å². The van der Waals surface area contributed by atoms with Crippen LogP contribution in [0.5, 0.6) is 5.75 Å². The second kappa shape index (κ2) is 8.12. The first-order valence-corrected chi connectivity index (χ1v) is 8.72. The quantitative estimate of drug-likeness (QED) is 0.839. The summed E-state index contributed by atoms with van der Waals surface area (Å²) in [6.07, 6.45) is 4.69. The number of hydrogen-bond donors (Lipinski definition) is 0. The third kappa shape index (κ3) is 4.37. The van der Waals surface area contributed by atoms with Gasteiger partial charge in [-0.2, -0.15) is 0 Å². The van der Waals surface area contributed by atoms with Gasteiger partial charge in [0, 0.05) is 50.7 Å². The fourth-order valence-electron chi connectivity index (χ4n) is 3.15. The molecule has 1 fully saturated rings. The number of rotatable bonds is 5. The average molecular weight is 339 g/mol. The fraction of sp³-hybridized carbons (Fsp3) is 0.400. The topological polar surface area (TPSA) is 45.7 Å². The standard InChI is InChI=1S/C20H25N3O2/c1-16-3-4-18(15-19(16)25-2)20(24)23-13-11-22(12-14-23)10-7-17-5-8-21-9-6-17/h3-6,8-9,15H,7,10-14H2,1-2H3. The number of carbonyl (C=O) groups is 1. The van der Waals surface area contributed by atoms with Crippen LogP contribution in [0.4, 0.5) is 0 Å². The van der Waals surface area contributed by atoms with Gasteiger partial charge in [-0.25, -0.2) is 0 Å². The Kier molecular flexibility index (Phi) is 5.66. The number of amides is 1. The molecular formula is C20H25N3O2. The molecule has 1 aliphatic rings. The van der Waals surface area contributed by atoms with Gasteiger partial charge in [0.15, 0.2) is 0 Å². The van der Waals surface area contributed by atoms with E-state index >= 15 is 0 Å². The van der Waals surface area contributed by atoms with Crippen LogP contribution in [0.1, 0.15) is 21.5 Å². The molecule has 0 atom stereocenters. The predicted molar refractivity (Wildman–Crippen MR) is 98.0 cm³/mol. The van der Waals surface area contributed by atoms with Gasteiger partial charge in [0.1, 0.15) is 5.75 Å². The molecular weight excluding hydrogens is 314 g/mol. The van der Waals surface area contributed by atoms with Crippen molar-refractivity contribution in [1.82, 2.24) is 14.8 Å². The molecule has 3 rings (SSSR count). The zero-order valence-electron chi connectivity index (χ0n) is 14.9. The molecule has 5 nitrogen and oxygen atoms in total. The molecule has 132 valence electrons. The summed E-state index contributed by atoms with van der Waals surface area (Å²) in [6, 6.07) is 9.79. The molecule has 25 heavy (non-hydrogen) atoms.